The molecule has 7 nitrogen and oxygen atoms in total. The number of hydrogen-bond donors (Lipinski definition) is 0. The molecule has 4 rings (SSSR count). The first kappa shape index (κ1) is 13.9. The van der Waals surface area contributed by atoms with Gasteiger partial charge in [-0.25, -0.2) is 4.98 Å². The quantitative estimate of drug-likeness (QED) is 0.726. The highest BCUT2D eigenvalue weighted by molar-refractivity contribution is 5.94. The van der Waals surface area contributed by atoms with E-state index in [0.717, 1.165) is 31.2 Å². The molecule has 0 bridgehead atoms. The van der Waals surface area contributed by atoms with E-state index in [4.69, 9.17) is 4.52 Å². The SMILES string of the molecule is O=C(c1ccc2cncn2c1)N1CCCCCC1c1ncon1. The molecule has 0 spiro atoms. The second kappa shape index (κ2) is 5.83. The van der Waals surface area contributed by atoms with Crippen molar-refractivity contribution in [2.45, 2.75) is 31.7 Å². The zero-order valence-corrected chi connectivity index (χ0v) is 12.6. The molecule has 0 aromatic carbocycles. The minimum absolute atomic E-state index is 0.00250. The van der Waals surface area contributed by atoms with Gasteiger partial charge >= 0.3 is 0 Å². The van der Waals surface area contributed by atoms with Crippen LogP contribution in [0.5, 0.6) is 0 Å². The van der Waals surface area contributed by atoms with E-state index in [9.17, 15) is 4.79 Å². The molecule has 1 amide bonds. The fourth-order valence-corrected chi connectivity index (χ4v) is 3.16. The van der Waals surface area contributed by atoms with Gasteiger partial charge in [0, 0.05) is 12.7 Å². The van der Waals surface area contributed by atoms with Gasteiger partial charge < -0.3 is 13.8 Å². The maximum Gasteiger partial charge on any atom is 0.255 e. The summed E-state index contributed by atoms with van der Waals surface area (Å²) >= 11 is 0. The summed E-state index contributed by atoms with van der Waals surface area (Å²) in [6.45, 7) is 0.708. The molecule has 0 saturated carbocycles. The Morgan fingerprint density at radius 3 is 3.09 bits per heavy atom. The van der Waals surface area contributed by atoms with Crippen molar-refractivity contribution >= 4 is 11.4 Å². The molecule has 1 saturated heterocycles. The first-order valence-corrected chi connectivity index (χ1v) is 7.82. The van der Waals surface area contributed by atoms with Gasteiger partial charge in [0.25, 0.3) is 5.91 Å². The Labute approximate surface area is 132 Å². The van der Waals surface area contributed by atoms with E-state index in [1.807, 2.05) is 27.6 Å². The van der Waals surface area contributed by atoms with Gasteiger partial charge in [-0.2, -0.15) is 4.98 Å². The van der Waals surface area contributed by atoms with E-state index in [1.165, 1.54) is 6.39 Å². The number of likely N-dealkylation sites (tertiary alicyclic amines) is 1. The number of carbonyl (C=O) groups excluding carboxylic acids is 1. The van der Waals surface area contributed by atoms with Crippen molar-refractivity contribution in [3.05, 3.63) is 48.6 Å². The van der Waals surface area contributed by atoms with Crippen LogP contribution in [0.3, 0.4) is 0 Å². The van der Waals surface area contributed by atoms with Gasteiger partial charge in [-0.15, -0.1) is 0 Å². The van der Waals surface area contributed by atoms with Crippen LogP contribution in [0.1, 0.15) is 47.9 Å². The van der Waals surface area contributed by atoms with E-state index in [-0.39, 0.29) is 11.9 Å². The third-order valence-corrected chi connectivity index (χ3v) is 4.34. The summed E-state index contributed by atoms with van der Waals surface area (Å²) in [6.07, 6.45) is 10.6. The van der Waals surface area contributed by atoms with Crippen LogP contribution in [-0.2, 0) is 0 Å². The molecule has 1 fully saturated rings. The van der Waals surface area contributed by atoms with E-state index < -0.39 is 0 Å². The largest absolute Gasteiger partial charge is 0.343 e. The predicted molar refractivity (Wildman–Crippen MR) is 81.7 cm³/mol. The van der Waals surface area contributed by atoms with Crippen LogP contribution in [0.25, 0.3) is 5.52 Å². The fraction of sp³-hybridized carbons (Fsp3) is 0.375. The Morgan fingerprint density at radius 2 is 2.22 bits per heavy atom. The Hall–Kier alpha value is -2.70. The molecule has 0 N–H and O–H groups in total. The van der Waals surface area contributed by atoms with Crippen LogP contribution in [0.2, 0.25) is 0 Å². The number of imidazole rings is 1. The zero-order chi connectivity index (χ0) is 15.6. The maximum absolute atomic E-state index is 13.0. The lowest BCUT2D eigenvalue weighted by atomic mass is 10.1. The summed E-state index contributed by atoms with van der Waals surface area (Å²) in [5.74, 6) is 0.584. The maximum atomic E-state index is 13.0. The number of pyridine rings is 1. The third-order valence-electron chi connectivity index (χ3n) is 4.34. The molecular formula is C16H17N5O2. The highest BCUT2D eigenvalue weighted by atomic mass is 16.5. The highest BCUT2D eigenvalue weighted by Crippen LogP contribution is 2.29. The van der Waals surface area contributed by atoms with Crippen LogP contribution in [0.4, 0.5) is 0 Å². The summed E-state index contributed by atoms with van der Waals surface area (Å²) in [6, 6.07) is 3.63. The van der Waals surface area contributed by atoms with Crippen molar-refractivity contribution in [1.29, 1.82) is 0 Å². The van der Waals surface area contributed by atoms with Crippen LogP contribution >= 0.6 is 0 Å². The lowest BCUT2D eigenvalue weighted by molar-refractivity contribution is 0.0670. The number of aromatic nitrogens is 4. The number of hydrogen-bond acceptors (Lipinski definition) is 5. The molecule has 118 valence electrons. The minimum atomic E-state index is -0.123. The normalized spacial score (nSPS) is 19.0. The van der Waals surface area contributed by atoms with E-state index in [0.29, 0.717) is 17.9 Å². The van der Waals surface area contributed by atoms with Crippen molar-refractivity contribution in [1.82, 2.24) is 24.4 Å². The highest BCUT2D eigenvalue weighted by Gasteiger charge is 2.30. The first-order chi connectivity index (χ1) is 11.3. The molecule has 1 aliphatic heterocycles. The average molecular weight is 311 g/mol. The van der Waals surface area contributed by atoms with Gasteiger partial charge in [0.15, 0.2) is 5.82 Å². The topological polar surface area (TPSA) is 76.5 Å². The molecule has 1 unspecified atom stereocenters. The molecule has 7 heteroatoms. The second-order valence-electron chi connectivity index (χ2n) is 5.80. The van der Waals surface area contributed by atoms with Crippen molar-refractivity contribution in [3.8, 4) is 0 Å². The summed E-state index contributed by atoms with van der Waals surface area (Å²) in [4.78, 5) is 23.2. The average Bonchev–Trinajstić information content (AvgIpc) is 3.21. The molecule has 1 aliphatic rings. The summed E-state index contributed by atoms with van der Waals surface area (Å²) in [5.41, 5.74) is 1.61. The first-order valence-electron chi connectivity index (χ1n) is 7.82. The smallest absolute Gasteiger partial charge is 0.255 e. The fourth-order valence-electron chi connectivity index (χ4n) is 3.16. The lowest BCUT2D eigenvalue weighted by Crippen LogP contribution is -2.35. The molecule has 4 heterocycles. The van der Waals surface area contributed by atoms with E-state index in [1.54, 1.807) is 12.5 Å². The summed E-state index contributed by atoms with van der Waals surface area (Å²) in [5, 5.41) is 3.95. The van der Waals surface area contributed by atoms with Crippen molar-refractivity contribution < 1.29 is 9.32 Å². The Kier molecular flexibility index (Phi) is 3.53. The van der Waals surface area contributed by atoms with Gasteiger partial charge in [0.05, 0.1) is 29.6 Å². The van der Waals surface area contributed by atoms with Crippen LogP contribution in [-0.4, -0.2) is 36.9 Å². The van der Waals surface area contributed by atoms with Crippen molar-refractivity contribution in [2.75, 3.05) is 6.54 Å². The Bertz CT molecular complexity index is 811. The van der Waals surface area contributed by atoms with Gasteiger partial charge in [-0.1, -0.05) is 18.0 Å². The molecular weight excluding hydrogens is 294 g/mol. The number of fused-ring (bicyclic) bond motifs is 1. The number of nitrogens with zero attached hydrogens (tertiary/aromatic N) is 5. The van der Waals surface area contributed by atoms with Crippen molar-refractivity contribution in [3.63, 3.8) is 0 Å². The molecule has 1 atom stereocenters. The Morgan fingerprint density at radius 1 is 1.26 bits per heavy atom. The standard InChI is InChI=1S/C16H17N5O2/c22-16(12-5-6-13-8-17-10-20(13)9-12)21-7-3-1-2-4-14(21)15-18-11-23-19-15/h5-6,8-11,14H,1-4,7H2. The minimum Gasteiger partial charge on any atom is -0.343 e. The summed E-state index contributed by atoms with van der Waals surface area (Å²) < 4.78 is 6.73. The zero-order valence-electron chi connectivity index (χ0n) is 12.6. The third kappa shape index (κ3) is 2.58. The van der Waals surface area contributed by atoms with Crippen molar-refractivity contribution in [2.24, 2.45) is 0 Å². The van der Waals surface area contributed by atoms with E-state index >= 15 is 0 Å². The molecule has 3 aromatic rings. The Balaban J connectivity index is 1.68. The monoisotopic (exact) mass is 311 g/mol. The molecule has 3 aromatic heterocycles. The number of rotatable bonds is 2. The van der Waals surface area contributed by atoms with Gasteiger partial charge in [-0.05, 0) is 25.0 Å². The number of carbonyl (C=O) groups is 1. The second-order valence-corrected chi connectivity index (χ2v) is 5.80. The van der Waals surface area contributed by atoms with Crippen LogP contribution in [0, 0.1) is 0 Å². The summed E-state index contributed by atoms with van der Waals surface area (Å²) in [7, 11) is 0. The van der Waals surface area contributed by atoms with Gasteiger partial charge in [-0.3, -0.25) is 4.79 Å². The van der Waals surface area contributed by atoms with Gasteiger partial charge in [0.2, 0.25) is 6.39 Å². The number of amides is 1. The van der Waals surface area contributed by atoms with Gasteiger partial charge in [0.1, 0.15) is 0 Å². The molecule has 0 aliphatic carbocycles. The van der Waals surface area contributed by atoms with Crippen LogP contribution in [0.15, 0.2) is 41.8 Å². The molecule has 23 heavy (non-hydrogen) atoms. The predicted octanol–water partition coefficient (Wildman–Crippen LogP) is 2.47. The lowest BCUT2D eigenvalue weighted by Gasteiger charge is -2.27. The van der Waals surface area contributed by atoms with Crippen LogP contribution < -0.4 is 0 Å². The van der Waals surface area contributed by atoms with E-state index in [2.05, 4.69) is 15.1 Å². The molecule has 0 radical (unpaired) electrons.